The zero-order valence-electron chi connectivity index (χ0n) is 7.97. The lowest BCUT2D eigenvalue weighted by Crippen LogP contribution is -2.17. The molecule has 0 aliphatic heterocycles. The van der Waals surface area contributed by atoms with E-state index in [0.717, 1.165) is 0 Å². The number of benzene rings is 1. The molecule has 76 valence electrons. The van der Waals surface area contributed by atoms with E-state index in [1.54, 1.807) is 13.8 Å². The van der Waals surface area contributed by atoms with Crippen molar-refractivity contribution in [1.29, 1.82) is 0 Å². The van der Waals surface area contributed by atoms with Crippen LogP contribution in [0.5, 0.6) is 0 Å². The molecule has 1 amide bonds. The SMILES string of the molecule is CC(C)C(=O)Nc1ccc(F)cc1Br. The Hall–Kier alpha value is -0.900. The second kappa shape index (κ2) is 4.55. The van der Waals surface area contributed by atoms with E-state index >= 15 is 0 Å². The molecule has 0 aromatic heterocycles. The van der Waals surface area contributed by atoms with Gasteiger partial charge in [0.15, 0.2) is 0 Å². The minimum absolute atomic E-state index is 0.0858. The van der Waals surface area contributed by atoms with Crippen molar-refractivity contribution < 1.29 is 9.18 Å². The molecule has 1 N–H and O–H groups in total. The van der Waals surface area contributed by atoms with Crippen molar-refractivity contribution >= 4 is 27.5 Å². The van der Waals surface area contributed by atoms with Crippen molar-refractivity contribution in [1.82, 2.24) is 0 Å². The summed E-state index contributed by atoms with van der Waals surface area (Å²) in [6.45, 7) is 3.60. The molecule has 1 aromatic rings. The van der Waals surface area contributed by atoms with E-state index in [9.17, 15) is 9.18 Å². The standard InChI is InChI=1S/C10H11BrFNO/c1-6(2)10(14)13-9-4-3-7(12)5-8(9)11/h3-6H,1-2H3,(H,13,14). The van der Waals surface area contributed by atoms with Gasteiger partial charge in [-0.15, -0.1) is 0 Å². The van der Waals surface area contributed by atoms with E-state index < -0.39 is 0 Å². The number of hydrogen-bond donors (Lipinski definition) is 1. The number of amides is 1. The zero-order chi connectivity index (χ0) is 10.7. The molecule has 0 bridgehead atoms. The van der Waals surface area contributed by atoms with Crippen LogP contribution in [0.3, 0.4) is 0 Å². The van der Waals surface area contributed by atoms with Crippen LogP contribution >= 0.6 is 15.9 Å². The number of halogens is 2. The first kappa shape index (κ1) is 11.2. The van der Waals surface area contributed by atoms with E-state index in [4.69, 9.17) is 0 Å². The average Bonchev–Trinajstić information content (AvgIpc) is 2.09. The molecule has 0 radical (unpaired) electrons. The second-order valence-electron chi connectivity index (χ2n) is 3.27. The summed E-state index contributed by atoms with van der Waals surface area (Å²) in [5.74, 6) is -0.510. The van der Waals surface area contributed by atoms with Gasteiger partial charge in [-0.3, -0.25) is 4.79 Å². The summed E-state index contributed by atoms with van der Waals surface area (Å²) in [6, 6.07) is 4.15. The lowest BCUT2D eigenvalue weighted by atomic mass is 10.2. The molecule has 1 aromatic carbocycles. The topological polar surface area (TPSA) is 29.1 Å². The Labute approximate surface area is 90.6 Å². The van der Waals surface area contributed by atoms with Crippen LogP contribution in [-0.2, 0) is 4.79 Å². The Bertz CT molecular complexity index is 352. The normalized spacial score (nSPS) is 10.4. The van der Waals surface area contributed by atoms with Gasteiger partial charge in [0.1, 0.15) is 5.82 Å². The summed E-state index contributed by atoms with van der Waals surface area (Å²) in [5, 5.41) is 2.68. The average molecular weight is 260 g/mol. The molecule has 0 spiro atoms. The van der Waals surface area contributed by atoms with Crippen LogP contribution in [0.1, 0.15) is 13.8 Å². The lowest BCUT2D eigenvalue weighted by molar-refractivity contribution is -0.118. The molecule has 0 unspecified atom stereocenters. The second-order valence-corrected chi connectivity index (χ2v) is 4.12. The predicted octanol–water partition coefficient (Wildman–Crippen LogP) is 3.18. The summed E-state index contributed by atoms with van der Waals surface area (Å²) in [6.07, 6.45) is 0. The fraction of sp³-hybridized carbons (Fsp3) is 0.300. The Kier molecular flexibility index (Phi) is 3.63. The highest BCUT2D eigenvalue weighted by Crippen LogP contribution is 2.23. The van der Waals surface area contributed by atoms with Crippen LogP contribution < -0.4 is 5.32 Å². The van der Waals surface area contributed by atoms with Gasteiger partial charge in [0.05, 0.1) is 5.69 Å². The van der Waals surface area contributed by atoms with Crippen LogP contribution in [0.4, 0.5) is 10.1 Å². The molecule has 1 rings (SSSR count). The molecule has 4 heteroatoms. The third kappa shape index (κ3) is 2.80. The highest BCUT2D eigenvalue weighted by molar-refractivity contribution is 9.10. The molecule has 0 aliphatic rings. The van der Waals surface area contributed by atoms with E-state index in [1.807, 2.05) is 0 Å². The highest BCUT2D eigenvalue weighted by Gasteiger charge is 2.09. The quantitative estimate of drug-likeness (QED) is 0.869. The molecule has 14 heavy (non-hydrogen) atoms. The molecular weight excluding hydrogens is 249 g/mol. The van der Waals surface area contributed by atoms with Gasteiger partial charge in [0, 0.05) is 10.4 Å². The van der Waals surface area contributed by atoms with Crippen molar-refractivity contribution in [2.24, 2.45) is 5.92 Å². The zero-order valence-corrected chi connectivity index (χ0v) is 9.56. The van der Waals surface area contributed by atoms with Crippen molar-refractivity contribution in [3.05, 3.63) is 28.5 Å². The number of rotatable bonds is 2. The largest absolute Gasteiger partial charge is 0.325 e. The molecule has 0 heterocycles. The van der Waals surface area contributed by atoms with Gasteiger partial charge in [-0.25, -0.2) is 4.39 Å². The summed E-state index contributed by atoms with van der Waals surface area (Å²) in [7, 11) is 0. The molecular formula is C10H11BrFNO. The Balaban J connectivity index is 2.82. The maximum atomic E-state index is 12.7. The van der Waals surface area contributed by atoms with Crippen LogP contribution in [0.15, 0.2) is 22.7 Å². The number of hydrogen-bond acceptors (Lipinski definition) is 1. The Morgan fingerprint density at radius 2 is 2.14 bits per heavy atom. The highest BCUT2D eigenvalue weighted by atomic mass is 79.9. The number of carbonyl (C=O) groups excluding carboxylic acids is 1. The predicted molar refractivity (Wildman–Crippen MR) is 57.6 cm³/mol. The fourth-order valence-corrected chi connectivity index (χ4v) is 1.32. The minimum atomic E-state index is -0.334. The van der Waals surface area contributed by atoms with Gasteiger partial charge in [-0.1, -0.05) is 13.8 Å². The number of nitrogens with one attached hydrogen (secondary N) is 1. The van der Waals surface area contributed by atoms with E-state index in [-0.39, 0.29) is 17.6 Å². The van der Waals surface area contributed by atoms with Crippen LogP contribution in [0.2, 0.25) is 0 Å². The van der Waals surface area contributed by atoms with E-state index in [1.165, 1.54) is 18.2 Å². The van der Waals surface area contributed by atoms with Crippen LogP contribution in [0.25, 0.3) is 0 Å². The van der Waals surface area contributed by atoms with Crippen molar-refractivity contribution in [2.45, 2.75) is 13.8 Å². The summed E-state index contributed by atoms with van der Waals surface area (Å²) >= 11 is 3.17. The molecule has 0 saturated heterocycles. The maximum Gasteiger partial charge on any atom is 0.226 e. The molecule has 0 saturated carbocycles. The van der Waals surface area contributed by atoms with Gasteiger partial charge in [-0.05, 0) is 34.1 Å². The van der Waals surface area contributed by atoms with Crippen molar-refractivity contribution in [2.75, 3.05) is 5.32 Å². The third-order valence-corrected chi connectivity index (χ3v) is 2.37. The molecule has 2 nitrogen and oxygen atoms in total. The smallest absolute Gasteiger partial charge is 0.226 e. The maximum absolute atomic E-state index is 12.7. The molecule has 0 aliphatic carbocycles. The van der Waals surface area contributed by atoms with Gasteiger partial charge in [0.25, 0.3) is 0 Å². The lowest BCUT2D eigenvalue weighted by Gasteiger charge is -2.09. The first-order valence-corrected chi connectivity index (χ1v) is 5.06. The third-order valence-electron chi connectivity index (χ3n) is 1.71. The van der Waals surface area contributed by atoms with Crippen molar-refractivity contribution in [3.63, 3.8) is 0 Å². The van der Waals surface area contributed by atoms with E-state index in [0.29, 0.717) is 10.2 Å². The van der Waals surface area contributed by atoms with Crippen LogP contribution in [-0.4, -0.2) is 5.91 Å². The first-order valence-electron chi connectivity index (χ1n) is 4.26. The fourth-order valence-electron chi connectivity index (χ4n) is 0.868. The summed E-state index contributed by atoms with van der Waals surface area (Å²) < 4.78 is 13.2. The van der Waals surface area contributed by atoms with Gasteiger partial charge >= 0.3 is 0 Å². The summed E-state index contributed by atoms with van der Waals surface area (Å²) in [4.78, 5) is 11.3. The van der Waals surface area contributed by atoms with Crippen LogP contribution in [0, 0.1) is 11.7 Å². The first-order chi connectivity index (χ1) is 6.50. The Morgan fingerprint density at radius 1 is 1.50 bits per heavy atom. The minimum Gasteiger partial charge on any atom is -0.325 e. The van der Waals surface area contributed by atoms with Crippen molar-refractivity contribution in [3.8, 4) is 0 Å². The summed E-state index contributed by atoms with van der Waals surface area (Å²) in [5.41, 5.74) is 0.588. The molecule has 0 atom stereocenters. The molecule has 0 fully saturated rings. The van der Waals surface area contributed by atoms with Gasteiger partial charge in [0.2, 0.25) is 5.91 Å². The monoisotopic (exact) mass is 259 g/mol. The number of carbonyl (C=O) groups is 1. The number of anilines is 1. The van der Waals surface area contributed by atoms with E-state index in [2.05, 4.69) is 21.2 Å². The van der Waals surface area contributed by atoms with Gasteiger partial charge < -0.3 is 5.32 Å². The Morgan fingerprint density at radius 3 is 2.64 bits per heavy atom. The van der Waals surface area contributed by atoms with Gasteiger partial charge in [-0.2, -0.15) is 0 Å².